The third-order valence-electron chi connectivity index (χ3n) is 4.80. The smallest absolute Gasteiger partial charge is 0.324 e. The SMILES string of the molecule is COc1ccc(CCN2C(=O)NC(CC(=O)Nc3nc(C(C)(C)C)cs3)C2=O)cc1. The molecule has 2 aromatic rings. The topological polar surface area (TPSA) is 101 Å². The minimum atomic E-state index is -0.865. The average Bonchev–Trinajstić information content (AvgIpc) is 3.26. The zero-order valence-electron chi connectivity index (χ0n) is 17.5. The second-order valence-electron chi connectivity index (χ2n) is 8.13. The highest BCUT2D eigenvalue weighted by molar-refractivity contribution is 7.13. The Morgan fingerprint density at radius 2 is 1.97 bits per heavy atom. The molecule has 1 unspecified atom stereocenters. The van der Waals surface area contributed by atoms with Crippen molar-refractivity contribution in [3.05, 3.63) is 40.9 Å². The highest BCUT2D eigenvalue weighted by Gasteiger charge is 2.38. The molecule has 1 fully saturated rings. The molecule has 1 aromatic heterocycles. The lowest BCUT2D eigenvalue weighted by molar-refractivity contribution is -0.129. The maximum absolute atomic E-state index is 12.6. The quantitative estimate of drug-likeness (QED) is 0.658. The van der Waals surface area contributed by atoms with Gasteiger partial charge in [-0.15, -0.1) is 11.3 Å². The Hall–Kier alpha value is -2.94. The number of amides is 4. The lowest BCUT2D eigenvalue weighted by Gasteiger charge is -2.14. The number of urea groups is 1. The summed E-state index contributed by atoms with van der Waals surface area (Å²) in [5, 5.41) is 7.69. The zero-order chi connectivity index (χ0) is 21.9. The van der Waals surface area contributed by atoms with Crippen LogP contribution in [0.2, 0.25) is 0 Å². The highest BCUT2D eigenvalue weighted by atomic mass is 32.1. The van der Waals surface area contributed by atoms with Crippen molar-refractivity contribution in [1.29, 1.82) is 0 Å². The summed E-state index contributed by atoms with van der Waals surface area (Å²) >= 11 is 1.34. The number of aromatic nitrogens is 1. The number of rotatable bonds is 7. The van der Waals surface area contributed by atoms with Crippen molar-refractivity contribution in [3.8, 4) is 5.75 Å². The standard InChI is InChI=1S/C21H26N4O4S/c1-21(2,3)16-12-30-19(23-16)24-17(26)11-15-18(27)25(20(28)22-15)10-9-13-5-7-14(29-4)8-6-13/h5-8,12,15H,9-11H2,1-4H3,(H,22,28)(H,23,24,26). The summed E-state index contributed by atoms with van der Waals surface area (Å²) in [5.41, 5.74) is 1.76. The molecule has 8 nitrogen and oxygen atoms in total. The highest BCUT2D eigenvalue weighted by Crippen LogP contribution is 2.26. The summed E-state index contributed by atoms with van der Waals surface area (Å²) in [6.07, 6.45) is 0.394. The van der Waals surface area contributed by atoms with Gasteiger partial charge in [0.1, 0.15) is 11.8 Å². The van der Waals surface area contributed by atoms with Crippen LogP contribution in [-0.2, 0) is 21.4 Å². The van der Waals surface area contributed by atoms with Gasteiger partial charge in [0.05, 0.1) is 19.2 Å². The Bertz CT molecular complexity index is 933. The summed E-state index contributed by atoms with van der Waals surface area (Å²) in [6, 6.07) is 6.10. The number of ether oxygens (including phenoxy) is 1. The Morgan fingerprint density at radius 3 is 2.57 bits per heavy atom. The van der Waals surface area contributed by atoms with E-state index in [2.05, 4.69) is 15.6 Å². The van der Waals surface area contributed by atoms with E-state index in [4.69, 9.17) is 4.74 Å². The summed E-state index contributed by atoms with van der Waals surface area (Å²) < 4.78 is 5.12. The number of imide groups is 1. The van der Waals surface area contributed by atoms with Gasteiger partial charge in [0.2, 0.25) is 5.91 Å². The first kappa shape index (κ1) is 21.8. The third kappa shape index (κ3) is 5.15. The second kappa shape index (κ2) is 8.83. The largest absolute Gasteiger partial charge is 0.497 e. The van der Waals surface area contributed by atoms with Crippen LogP contribution in [0.15, 0.2) is 29.6 Å². The van der Waals surface area contributed by atoms with Gasteiger partial charge in [0.15, 0.2) is 5.13 Å². The van der Waals surface area contributed by atoms with Crippen molar-refractivity contribution in [2.45, 2.75) is 45.1 Å². The summed E-state index contributed by atoms with van der Waals surface area (Å²) in [7, 11) is 1.59. The Labute approximate surface area is 179 Å². The van der Waals surface area contributed by atoms with E-state index in [1.54, 1.807) is 7.11 Å². The molecule has 1 atom stereocenters. The molecule has 1 saturated heterocycles. The van der Waals surface area contributed by atoms with Gasteiger partial charge in [-0.05, 0) is 24.1 Å². The maximum Gasteiger partial charge on any atom is 0.324 e. The fourth-order valence-corrected chi connectivity index (χ4v) is 3.94. The summed E-state index contributed by atoms with van der Waals surface area (Å²) in [4.78, 5) is 42.7. The molecule has 2 N–H and O–H groups in total. The number of carbonyl (C=O) groups excluding carboxylic acids is 3. The molecular formula is C21H26N4O4S. The molecular weight excluding hydrogens is 404 g/mol. The third-order valence-corrected chi connectivity index (χ3v) is 5.56. The summed E-state index contributed by atoms with van der Waals surface area (Å²) in [5.74, 6) is -0.00619. The molecule has 30 heavy (non-hydrogen) atoms. The molecule has 0 spiro atoms. The minimum Gasteiger partial charge on any atom is -0.497 e. The van der Waals surface area contributed by atoms with Gasteiger partial charge in [-0.1, -0.05) is 32.9 Å². The summed E-state index contributed by atoms with van der Waals surface area (Å²) in [6.45, 7) is 6.37. The van der Waals surface area contributed by atoms with E-state index < -0.39 is 18.0 Å². The number of methoxy groups -OCH3 is 1. The molecule has 0 bridgehead atoms. The number of benzene rings is 1. The first-order valence-electron chi connectivity index (χ1n) is 9.68. The molecule has 2 heterocycles. The Morgan fingerprint density at radius 1 is 1.27 bits per heavy atom. The average molecular weight is 431 g/mol. The molecule has 0 radical (unpaired) electrons. The van der Waals surface area contributed by atoms with E-state index in [0.29, 0.717) is 11.6 Å². The number of nitrogens with zero attached hydrogens (tertiary/aromatic N) is 2. The first-order chi connectivity index (χ1) is 14.2. The maximum atomic E-state index is 12.6. The molecule has 0 saturated carbocycles. The lowest BCUT2D eigenvalue weighted by atomic mass is 9.93. The van der Waals surface area contributed by atoms with E-state index in [-0.39, 0.29) is 24.3 Å². The number of carbonyl (C=O) groups is 3. The van der Waals surface area contributed by atoms with Gasteiger partial charge in [-0.3, -0.25) is 14.5 Å². The van der Waals surface area contributed by atoms with Crippen LogP contribution in [0.25, 0.3) is 0 Å². The minimum absolute atomic E-state index is 0.112. The van der Waals surface area contributed by atoms with E-state index in [1.165, 1.54) is 11.3 Å². The predicted molar refractivity (Wildman–Crippen MR) is 115 cm³/mol. The molecule has 1 aliphatic heterocycles. The number of nitrogens with one attached hydrogen (secondary N) is 2. The van der Waals surface area contributed by atoms with E-state index in [1.807, 2.05) is 50.4 Å². The monoisotopic (exact) mass is 430 g/mol. The number of anilines is 1. The normalized spacial score (nSPS) is 16.5. The van der Waals surface area contributed by atoms with Crippen LogP contribution in [0.1, 0.15) is 38.4 Å². The van der Waals surface area contributed by atoms with Crippen molar-refractivity contribution >= 4 is 34.3 Å². The van der Waals surface area contributed by atoms with Crippen molar-refractivity contribution < 1.29 is 19.1 Å². The Kier molecular flexibility index (Phi) is 6.40. The molecule has 3 rings (SSSR count). The van der Waals surface area contributed by atoms with Crippen LogP contribution in [0.5, 0.6) is 5.75 Å². The van der Waals surface area contributed by atoms with Gasteiger partial charge in [0, 0.05) is 17.3 Å². The first-order valence-corrected chi connectivity index (χ1v) is 10.6. The van der Waals surface area contributed by atoms with Gasteiger partial charge in [0.25, 0.3) is 5.91 Å². The molecule has 9 heteroatoms. The molecule has 1 aromatic carbocycles. The molecule has 4 amide bonds. The van der Waals surface area contributed by atoms with E-state index in [0.717, 1.165) is 21.9 Å². The van der Waals surface area contributed by atoms with Crippen molar-refractivity contribution in [1.82, 2.24) is 15.2 Å². The lowest BCUT2D eigenvalue weighted by Crippen LogP contribution is -2.35. The van der Waals surface area contributed by atoms with Crippen LogP contribution < -0.4 is 15.4 Å². The van der Waals surface area contributed by atoms with Gasteiger partial charge in [-0.2, -0.15) is 0 Å². The van der Waals surface area contributed by atoms with Crippen molar-refractivity contribution in [2.24, 2.45) is 0 Å². The molecule has 160 valence electrons. The van der Waals surface area contributed by atoms with Gasteiger partial charge in [-0.25, -0.2) is 9.78 Å². The van der Waals surface area contributed by atoms with Gasteiger partial charge >= 0.3 is 6.03 Å². The van der Waals surface area contributed by atoms with Gasteiger partial charge < -0.3 is 15.4 Å². The van der Waals surface area contributed by atoms with E-state index >= 15 is 0 Å². The van der Waals surface area contributed by atoms with Crippen LogP contribution in [-0.4, -0.2) is 47.4 Å². The van der Waals surface area contributed by atoms with Crippen LogP contribution in [0.4, 0.5) is 9.93 Å². The van der Waals surface area contributed by atoms with Crippen molar-refractivity contribution in [3.63, 3.8) is 0 Å². The second-order valence-corrected chi connectivity index (χ2v) is 8.99. The Balaban J connectivity index is 1.53. The molecule has 0 aliphatic carbocycles. The van der Waals surface area contributed by atoms with Crippen LogP contribution in [0.3, 0.4) is 0 Å². The van der Waals surface area contributed by atoms with Crippen LogP contribution in [0, 0.1) is 0 Å². The number of thiazole rings is 1. The van der Waals surface area contributed by atoms with E-state index in [9.17, 15) is 14.4 Å². The number of hydrogen-bond acceptors (Lipinski definition) is 6. The fraction of sp³-hybridized carbons (Fsp3) is 0.429. The zero-order valence-corrected chi connectivity index (χ0v) is 18.3. The number of hydrogen-bond donors (Lipinski definition) is 2. The van der Waals surface area contributed by atoms with Crippen molar-refractivity contribution in [2.75, 3.05) is 19.0 Å². The predicted octanol–water partition coefficient (Wildman–Crippen LogP) is 2.94. The fourth-order valence-electron chi connectivity index (χ4n) is 2.99. The van der Waals surface area contributed by atoms with Crippen LogP contribution >= 0.6 is 11.3 Å². The molecule has 1 aliphatic rings.